The molecule has 3 aromatic rings. The fraction of sp³-hybridized carbons (Fsp3) is 0.364. The number of aliphatic hydroxyl groups is 1. The number of cyclic esters (lactones) is 1. The minimum atomic E-state index is -1.28. The Balaban J connectivity index is 1.30. The van der Waals surface area contributed by atoms with Crippen LogP contribution in [0, 0.1) is 5.92 Å². The predicted molar refractivity (Wildman–Crippen MR) is 157 cm³/mol. The third kappa shape index (κ3) is 5.03. The van der Waals surface area contributed by atoms with Gasteiger partial charge in [0.25, 0.3) is 5.91 Å². The molecule has 0 aliphatic carbocycles. The number of aliphatic hydroxyl groups excluding tert-OH is 1. The lowest BCUT2D eigenvalue weighted by Crippen LogP contribution is -2.44. The van der Waals surface area contributed by atoms with Crippen LogP contribution in [0.25, 0.3) is 0 Å². The van der Waals surface area contributed by atoms with Crippen LogP contribution in [-0.2, 0) is 37.8 Å². The number of carbonyl (C=O) groups excluding carboxylic acids is 3. The summed E-state index contributed by atoms with van der Waals surface area (Å²) in [6.07, 6.45) is -0.290. The van der Waals surface area contributed by atoms with Gasteiger partial charge in [0, 0.05) is 30.3 Å². The van der Waals surface area contributed by atoms with Gasteiger partial charge in [-0.2, -0.15) is 0 Å². The fourth-order valence-electron chi connectivity index (χ4n) is 6.44. The van der Waals surface area contributed by atoms with E-state index in [0.29, 0.717) is 43.9 Å². The van der Waals surface area contributed by atoms with Crippen molar-refractivity contribution < 1.29 is 29.0 Å². The summed E-state index contributed by atoms with van der Waals surface area (Å²) in [6, 6.07) is 25.0. The molecule has 1 spiro atoms. The Labute approximate surface area is 245 Å². The maximum atomic E-state index is 14.4. The summed E-state index contributed by atoms with van der Waals surface area (Å²) in [5.41, 5.74) is 2.78. The lowest BCUT2D eigenvalue weighted by Gasteiger charge is -2.29. The molecule has 9 heteroatoms. The van der Waals surface area contributed by atoms with Crippen molar-refractivity contribution in [2.45, 2.75) is 44.6 Å². The van der Waals surface area contributed by atoms with Crippen LogP contribution in [-0.4, -0.2) is 60.3 Å². The topological polar surface area (TPSA) is 99.6 Å². The second-order valence-corrected chi connectivity index (χ2v) is 11.2. The molecule has 6 rings (SSSR count). The van der Waals surface area contributed by atoms with Gasteiger partial charge < -0.3 is 24.4 Å². The molecule has 0 bridgehead atoms. The van der Waals surface area contributed by atoms with Crippen LogP contribution < -0.4 is 9.80 Å². The molecule has 0 unspecified atom stereocenters. The highest BCUT2D eigenvalue weighted by Crippen LogP contribution is 2.54. The smallest absolute Gasteiger partial charge is 0.414 e. The SMILES string of the molecule is C[C@H]1C[C@@H](CC(=O)N(CCO)Cc2ccccc2)O[C@]12C(=O)N(Cc1ccccc1)c1ccc(N3CCOC3=O)cc12. The summed E-state index contributed by atoms with van der Waals surface area (Å²) in [6.45, 7) is 3.56. The zero-order valence-electron chi connectivity index (χ0n) is 23.6. The molecule has 3 amide bonds. The molecule has 2 fully saturated rings. The van der Waals surface area contributed by atoms with Crippen molar-refractivity contribution in [2.24, 2.45) is 5.92 Å². The zero-order chi connectivity index (χ0) is 29.3. The van der Waals surface area contributed by atoms with Crippen LogP contribution in [0.2, 0.25) is 0 Å². The first-order chi connectivity index (χ1) is 20.4. The Morgan fingerprint density at radius 3 is 2.40 bits per heavy atom. The zero-order valence-corrected chi connectivity index (χ0v) is 23.6. The normalized spacial score (nSPS) is 23.0. The van der Waals surface area contributed by atoms with Crippen molar-refractivity contribution in [2.75, 3.05) is 36.1 Å². The van der Waals surface area contributed by atoms with Gasteiger partial charge >= 0.3 is 6.09 Å². The van der Waals surface area contributed by atoms with Crippen molar-refractivity contribution in [1.82, 2.24) is 4.90 Å². The average Bonchev–Trinajstić information content (AvgIpc) is 3.64. The minimum Gasteiger partial charge on any atom is -0.447 e. The summed E-state index contributed by atoms with van der Waals surface area (Å²) in [5.74, 6) is -0.521. The van der Waals surface area contributed by atoms with Crippen LogP contribution in [0.4, 0.5) is 16.2 Å². The molecule has 42 heavy (non-hydrogen) atoms. The average molecular weight is 570 g/mol. The molecule has 3 heterocycles. The van der Waals surface area contributed by atoms with Gasteiger partial charge in [0.2, 0.25) is 5.91 Å². The molecule has 1 N–H and O–H groups in total. The number of fused-ring (bicyclic) bond motifs is 2. The Morgan fingerprint density at radius 1 is 1.02 bits per heavy atom. The first kappa shape index (κ1) is 27.9. The van der Waals surface area contributed by atoms with Crippen molar-refractivity contribution in [3.63, 3.8) is 0 Å². The van der Waals surface area contributed by atoms with Gasteiger partial charge in [-0.1, -0.05) is 67.6 Å². The van der Waals surface area contributed by atoms with E-state index in [1.807, 2.05) is 85.8 Å². The Hall–Kier alpha value is -4.21. The molecule has 2 saturated heterocycles. The third-order valence-corrected chi connectivity index (χ3v) is 8.49. The maximum absolute atomic E-state index is 14.4. The number of benzene rings is 3. The highest BCUT2D eigenvalue weighted by atomic mass is 16.6. The second-order valence-electron chi connectivity index (χ2n) is 11.2. The van der Waals surface area contributed by atoms with Gasteiger partial charge in [0.1, 0.15) is 6.61 Å². The summed E-state index contributed by atoms with van der Waals surface area (Å²) >= 11 is 0. The molecular formula is C33H35N3O6. The lowest BCUT2D eigenvalue weighted by atomic mass is 9.82. The largest absolute Gasteiger partial charge is 0.447 e. The Bertz CT molecular complexity index is 1470. The molecule has 3 aliphatic rings. The van der Waals surface area contributed by atoms with Crippen molar-refractivity contribution in [3.05, 3.63) is 95.6 Å². The number of amides is 3. The number of hydrogen-bond acceptors (Lipinski definition) is 6. The van der Waals surface area contributed by atoms with E-state index < -0.39 is 17.8 Å². The summed E-state index contributed by atoms with van der Waals surface area (Å²) in [7, 11) is 0. The molecule has 0 saturated carbocycles. The van der Waals surface area contributed by atoms with Gasteiger partial charge in [-0.15, -0.1) is 0 Å². The number of hydrogen-bond donors (Lipinski definition) is 1. The van der Waals surface area contributed by atoms with Crippen LogP contribution in [0.1, 0.15) is 36.5 Å². The maximum Gasteiger partial charge on any atom is 0.414 e. The van der Waals surface area contributed by atoms with E-state index in [9.17, 15) is 19.5 Å². The first-order valence-electron chi connectivity index (χ1n) is 14.5. The highest BCUT2D eigenvalue weighted by Gasteiger charge is 2.60. The minimum absolute atomic E-state index is 0.0956. The molecular weight excluding hydrogens is 534 g/mol. The van der Waals surface area contributed by atoms with Gasteiger partial charge in [-0.05, 0) is 35.7 Å². The van der Waals surface area contributed by atoms with Crippen molar-refractivity contribution in [3.8, 4) is 0 Å². The van der Waals surface area contributed by atoms with E-state index in [0.717, 1.165) is 16.8 Å². The quantitative estimate of drug-likeness (QED) is 0.414. The summed E-state index contributed by atoms with van der Waals surface area (Å²) in [4.78, 5) is 45.2. The predicted octanol–water partition coefficient (Wildman–Crippen LogP) is 4.22. The van der Waals surface area contributed by atoms with Gasteiger partial charge in [-0.25, -0.2) is 4.79 Å². The molecule has 9 nitrogen and oxygen atoms in total. The molecule has 3 atom stereocenters. The Kier molecular flexibility index (Phi) is 7.70. The van der Waals surface area contributed by atoms with Crippen molar-refractivity contribution >= 4 is 29.3 Å². The van der Waals surface area contributed by atoms with E-state index in [-0.39, 0.29) is 37.3 Å². The van der Waals surface area contributed by atoms with Gasteiger partial charge in [-0.3, -0.25) is 14.5 Å². The van der Waals surface area contributed by atoms with E-state index in [1.165, 1.54) is 0 Å². The number of anilines is 2. The lowest BCUT2D eigenvalue weighted by molar-refractivity contribution is -0.150. The summed E-state index contributed by atoms with van der Waals surface area (Å²) in [5, 5.41) is 9.65. The van der Waals surface area contributed by atoms with E-state index in [2.05, 4.69) is 0 Å². The number of carbonyl (C=O) groups is 3. The second kappa shape index (κ2) is 11.6. The van der Waals surface area contributed by atoms with Gasteiger partial charge in [0.05, 0.1) is 37.9 Å². The number of nitrogens with zero attached hydrogens (tertiary/aromatic N) is 3. The van der Waals surface area contributed by atoms with Crippen LogP contribution in [0.15, 0.2) is 78.9 Å². The number of rotatable bonds is 9. The van der Waals surface area contributed by atoms with E-state index in [4.69, 9.17) is 9.47 Å². The highest BCUT2D eigenvalue weighted by molar-refractivity contribution is 6.08. The van der Waals surface area contributed by atoms with Crippen LogP contribution in [0.3, 0.4) is 0 Å². The standard InChI is InChI=1S/C33H35N3O6/c1-23-18-27(20-30(38)34(14-16-37)21-24-8-4-2-5-9-24)42-33(23)28-19-26(35-15-17-41-32(35)40)12-13-29(28)36(31(33)39)22-25-10-6-3-7-11-25/h2-13,19,23,27,37H,14-18,20-22H2,1H3/t23-,27-,33+/m0/s1. The molecule has 3 aliphatic heterocycles. The number of ether oxygens (including phenoxy) is 2. The van der Waals surface area contributed by atoms with E-state index in [1.54, 1.807) is 14.7 Å². The third-order valence-electron chi connectivity index (χ3n) is 8.49. The molecule has 218 valence electrons. The van der Waals surface area contributed by atoms with Gasteiger partial charge in [0.15, 0.2) is 5.60 Å². The summed E-state index contributed by atoms with van der Waals surface area (Å²) < 4.78 is 11.8. The van der Waals surface area contributed by atoms with E-state index >= 15 is 0 Å². The fourth-order valence-corrected chi connectivity index (χ4v) is 6.44. The van der Waals surface area contributed by atoms with Crippen LogP contribution >= 0.6 is 0 Å². The molecule has 3 aromatic carbocycles. The molecule has 0 aromatic heterocycles. The molecule has 0 radical (unpaired) electrons. The van der Waals surface area contributed by atoms with Crippen molar-refractivity contribution in [1.29, 1.82) is 0 Å². The first-order valence-corrected chi connectivity index (χ1v) is 14.5. The monoisotopic (exact) mass is 569 g/mol. The van der Waals surface area contributed by atoms with Crippen LogP contribution in [0.5, 0.6) is 0 Å². The Morgan fingerprint density at radius 2 is 1.74 bits per heavy atom.